The molecule has 0 atom stereocenters. The van der Waals surface area contributed by atoms with Gasteiger partial charge in [-0.05, 0) is 66.5 Å². The molecular formula is C26H33ClN6O5S2. The van der Waals surface area contributed by atoms with Crippen LogP contribution in [0, 0.1) is 0 Å². The zero-order valence-electron chi connectivity index (χ0n) is 23.2. The third kappa shape index (κ3) is 10.0. The van der Waals surface area contributed by atoms with Crippen LogP contribution < -0.4 is 16.2 Å². The van der Waals surface area contributed by atoms with Gasteiger partial charge in [-0.2, -0.15) is 0 Å². The van der Waals surface area contributed by atoms with E-state index in [0.29, 0.717) is 41.3 Å². The van der Waals surface area contributed by atoms with Crippen molar-refractivity contribution >= 4 is 66.9 Å². The molecule has 3 N–H and O–H groups in total. The molecule has 2 amide bonds. The number of H-pyrrole nitrogens is 1. The molecule has 4 heterocycles. The minimum Gasteiger partial charge on any atom is -0.444 e. The van der Waals surface area contributed by atoms with Crippen molar-refractivity contribution in [3.8, 4) is 0 Å². The van der Waals surface area contributed by atoms with Gasteiger partial charge in [0.25, 0.3) is 5.56 Å². The van der Waals surface area contributed by atoms with E-state index in [-0.39, 0.29) is 5.56 Å². The molecule has 0 aromatic carbocycles. The van der Waals surface area contributed by atoms with E-state index in [0.717, 1.165) is 20.0 Å². The molecule has 11 nitrogen and oxygen atoms in total. The van der Waals surface area contributed by atoms with Crippen LogP contribution in [0.15, 0.2) is 29.6 Å². The third-order valence-corrected chi connectivity index (χ3v) is 7.30. The normalized spacial score (nSPS) is 11.6. The number of amides is 2. The van der Waals surface area contributed by atoms with Crippen molar-refractivity contribution in [1.82, 2.24) is 30.6 Å². The second kappa shape index (κ2) is 13.4. The number of aromatic nitrogens is 4. The summed E-state index contributed by atoms with van der Waals surface area (Å²) >= 11 is 8.99. The van der Waals surface area contributed by atoms with E-state index in [4.69, 9.17) is 21.1 Å². The van der Waals surface area contributed by atoms with E-state index >= 15 is 0 Å². The van der Waals surface area contributed by atoms with Crippen molar-refractivity contribution in [3.05, 3.63) is 50.0 Å². The van der Waals surface area contributed by atoms with Crippen LogP contribution in [-0.2, 0) is 22.3 Å². The van der Waals surface area contributed by atoms with E-state index < -0.39 is 23.4 Å². The SMILES string of the molecule is CC(C)(C)OC(=O)NCCc1cc2c(=O)[nH]cnc2s1.CC(C)(C)OC(=O)NCCc1cc2c(Cl)ncnc2s1. The van der Waals surface area contributed by atoms with E-state index in [9.17, 15) is 14.4 Å². The number of ether oxygens (including phenoxy) is 2. The molecule has 0 aliphatic heterocycles. The van der Waals surface area contributed by atoms with Gasteiger partial charge in [-0.1, -0.05) is 11.6 Å². The minimum absolute atomic E-state index is 0.141. The summed E-state index contributed by atoms with van der Waals surface area (Å²) in [5.74, 6) is 0. The average Bonchev–Trinajstić information content (AvgIpc) is 3.42. The summed E-state index contributed by atoms with van der Waals surface area (Å²) in [6.07, 6.45) is 3.34. The van der Waals surface area contributed by atoms with Crippen molar-refractivity contribution in [2.24, 2.45) is 0 Å². The Kier molecular flexibility index (Phi) is 10.4. The molecule has 0 unspecified atom stereocenters. The molecule has 14 heteroatoms. The van der Waals surface area contributed by atoms with E-state index in [1.54, 1.807) is 11.3 Å². The number of nitrogens with zero attached hydrogens (tertiary/aromatic N) is 3. The number of alkyl carbamates (subject to hydrolysis) is 2. The lowest BCUT2D eigenvalue weighted by Gasteiger charge is -2.19. The number of carbonyl (C=O) groups excluding carboxylic acids is 2. The fourth-order valence-corrected chi connectivity index (χ4v) is 5.48. The Morgan fingerprint density at radius 3 is 1.82 bits per heavy atom. The zero-order chi connectivity index (χ0) is 29.5. The molecule has 0 aliphatic carbocycles. The fraction of sp³-hybridized carbons (Fsp3) is 0.462. The molecule has 0 aliphatic rings. The Balaban J connectivity index is 0.000000220. The lowest BCUT2D eigenvalue weighted by atomic mass is 10.2. The highest BCUT2D eigenvalue weighted by Gasteiger charge is 2.17. The summed E-state index contributed by atoms with van der Waals surface area (Å²) in [7, 11) is 0. The number of fused-ring (bicyclic) bond motifs is 2. The first kappa shape index (κ1) is 31.2. The van der Waals surface area contributed by atoms with E-state index in [1.807, 2.05) is 53.7 Å². The molecule has 0 bridgehead atoms. The maximum absolute atomic E-state index is 11.6. The molecule has 0 saturated heterocycles. The predicted octanol–water partition coefficient (Wildman–Crippen LogP) is 5.46. The van der Waals surface area contributed by atoms with Crippen LogP contribution in [0.5, 0.6) is 0 Å². The number of hydrogen-bond donors (Lipinski definition) is 3. The Bertz CT molecular complexity index is 1520. The second-order valence-corrected chi connectivity index (χ2v) is 13.2. The van der Waals surface area contributed by atoms with Crippen LogP contribution in [0.3, 0.4) is 0 Å². The van der Waals surface area contributed by atoms with Gasteiger partial charge in [0.05, 0.1) is 11.7 Å². The van der Waals surface area contributed by atoms with E-state index in [2.05, 4.69) is 30.6 Å². The molecule has 4 aromatic heterocycles. The van der Waals surface area contributed by atoms with Crippen LogP contribution >= 0.6 is 34.3 Å². The van der Waals surface area contributed by atoms with Gasteiger partial charge in [0.2, 0.25) is 0 Å². The number of aromatic amines is 1. The summed E-state index contributed by atoms with van der Waals surface area (Å²) in [6, 6.07) is 3.77. The Hall–Kier alpha value is -3.29. The summed E-state index contributed by atoms with van der Waals surface area (Å²) in [6.45, 7) is 11.9. The average molecular weight is 609 g/mol. The van der Waals surface area contributed by atoms with Crippen LogP contribution in [0.25, 0.3) is 20.4 Å². The number of carbonyl (C=O) groups is 2. The molecule has 216 valence electrons. The monoisotopic (exact) mass is 608 g/mol. The number of hydrogen-bond acceptors (Lipinski definition) is 10. The number of halogens is 1. The first-order valence-corrected chi connectivity index (χ1v) is 14.5. The molecule has 40 heavy (non-hydrogen) atoms. The molecule has 4 aromatic rings. The smallest absolute Gasteiger partial charge is 0.407 e. The Labute approximate surface area is 244 Å². The van der Waals surface area contributed by atoms with Crippen molar-refractivity contribution in [1.29, 1.82) is 0 Å². The quantitative estimate of drug-likeness (QED) is 0.244. The maximum atomic E-state index is 11.6. The van der Waals surface area contributed by atoms with E-state index in [1.165, 1.54) is 24.0 Å². The Morgan fingerprint density at radius 2 is 1.35 bits per heavy atom. The first-order valence-electron chi connectivity index (χ1n) is 12.5. The number of nitrogens with one attached hydrogen (secondary N) is 3. The van der Waals surface area contributed by atoms with Crippen molar-refractivity contribution < 1.29 is 19.1 Å². The minimum atomic E-state index is -0.501. The largest absolute Gasteiger partial charge is 0.444 e. The highest BCUT2D eigenvalue weighted by Crippen LogP contribution is 2.28. The van der Waals surface area contributed by atoms with Gasteiger partial charge in [-0.15, -0.1) is 22.7 Å². The Morgan fingerprint density at radius 1 is 0.850 bits per heavy atom. The predicted molar refractivity (Wildman–Crippen MR) is 159 cm³/mol. The van der Waals surface area contributed by atoms with Crippen molar-refractivity contribution in [3.63, 3.8) is 0 Å². The molecule has 4 rings (SSSR count). The van der Waals surface area contributed by atoms with Gasteiger partial charge in [-0.25, -0.2) is 24.5 Å². The second-order valence-electron chi connectivity index (χ2n) is 10.6. The summed E-state index contributed by atoms with van der Waals surface area (Å²) in [5.41, 5.74) is -1.12. The van der Waals surface area contributed by atoms with Crippen LogP contribution in [0.2, 0.25) is 5.15 Å². The van der Waals surface area contributed by atoms with Crippen molar-refractivity contribution in [2.75, 3.05) is 13.1 Å². The zero-order valence-corrected chi connectivity index (χ0v) is 25.6. The van der Waals surface area contributed by atoms with Gasteiger partial charge in [0.15, 0.2) is 0 Å². The summed E-state index contributed by atoms with van der Waals surface area (Å²) in [5, 5.41) is 7.31. The lowest BCUT2D eigenvalue weighted by molar-refractivity contribution is 0.0517. The van der Waals surface area contributed by atoms with Crippen LogP contribution in [0.4, 0.5) is 9.59 Å². The standard InChI is InChI=1S/C13H16ClN3O2S.C13H17N3O3S/c1-13(2,3)19-12(18)15-5-4-8-6-9-10(14)16-7-17-11(9)20-8;1-13(2,3)19-12(18)14-5-4-8-6-9-10(17)15-7-16-11(9)20-8/h6-7H,4-5H2,1-3H3,(H,15,18);6-7H,4-5H2,1-3H3,(H,14,18)(H,15,16,17). The maximum Gasteiger partial charge on any atom is 0.407 e. The summed E-state index contributed by atoms with van der Waals surface area (Å²) in [4.78, 5) is 52.9. The first-order chi connectivity index (χ1) is 18.7. The van der Waals surface area contributed by atoms with Crippen LogP contribution in [0.1, 0.15) is 51.3 Å². The third-order valence-electron chi connectivity index (χ3n) is 4.80. The molecular weight excluding hydrogens is 576 g/mol. The van der Waals surface area contributed by atoms with Crippen molar-refractivity contribution in [2.45, 2.75) is 65.6 Å². The van der Waals surface area contributed by atoms with Gasteiger partial charge in [-0.3, -0.25) is 4.79 Å². The fourth-order valence-electron chi connectivity index (χ4n) is 3.24. The van der Waals surface area contributed by atoms with Gasteiger partial charge < -0.3 is 25.1 Å². The highest BCUT2D eigenvalue weighted by atomic mass is 35.5. The lowest BCUT2D eigenvalue weighted by Crippen LogP contribution is -2.33. The number of rotatable bonds is 6. The molecule has 0 fully saturated rings. The molecule has 0 spiro atoms. The molecule has 0 saturated carbocycles. The van der Waals surface area contributed by atoms with Crippen LogP contribution in [-0.4, -0.2) is 56.4 Å². The van der Waals surface area contributed by atoms with Gasteiger partial charge >= 0.3 is 12.2 Å². The number of thiophene rings is 2. The van der Waals surface area contributed by atoms with Gasteiger partial charge in [0, 0.05) is 28.2 Å². The summed E-state index contributed by atoms with van der Waals surface area (Å²) < 4.78 is 10.3. The molecule has 0 radical (unpaired) electrons. The highest BCUT2D eigenvalue weighted by molar-refractivity contribution is 7.19. The van der Waals surface area contributed by atoms with Gasteiger partial charge in [0.1, 0.15) is 32.3 Å². The topological polar surface area (TPSA) is 148 Å².